The first-order valence-electron chi connectivity index (χ1n) is 6.18. The molecule has 1 rings (SSSR count). The number of rotatable bonds is 5. The molecule has 1 amide bonds. The van der Waals surface area contributed by atoms with Crippen LogP contribution in [0.1, 0.15) is 29.9 Å². The van der Waals surface area contributed by atoms with Crippen LogP contribution in [0, 0.1) is 12.8 Å². The Morgan fingerprint density at radius 1 is 1.56 bits per heavy atom. The van der Waals surface area contributed by atoms with Gasteiger partial charge >= 0.3 is 0 Å². The molecular formula is C13H21N3O2. The number of aryl methyl sites for hydroxylation is 1. The van der Waals surface area contributed by atoms with Crippen LogP contribution in [0.15, 0.2) is 17.1 Å². The van der Waals surface area contributed by atoms with Crippen LogP contribution >= 0.6 is 0 Å². The average Bonchev–Trinajstić information content (AvgIpc) is 2.34. The highest BCUT2D eigenvalue weighted by atomic mass is 16.2. The van der Waals surface area contributed by atoms with Gasteiger partial charge in [0.2, 0.25) is 0 Å². The zero-order valence-electron chi connectivity index (χ0n) is 11.2. The Balaban J connectivity index is 2.93. The minimum atomic E-state index is -0.241. The number of nitrogens with zero attached hydrogens (tertiary/aromatic N) is 1. The summed E-state index contributed by atoms with van der Waals surface area (Å²) < 4.78 is 0. The second kappa shape index (κ2) is 6.35. The molecule has 0 aromatic carbocycles. The van der Waals surface area contributed by atoms with E-state index in [-0.39, 0.29) is 22.8 Å². The fourth-order valence-corrected chi connectivity index (χ4v) is 1.72. The van der Waals surface area contributed by atoms with Crippen molar-refractivity contribution >= 4 is 5.91 Å². The summed E-state index contributed by atoms with van der Waals surface area (Å²) in [6, 6.07) is 1.44. The summed E-state index contributed by atoms with van der Waals surface area (Å²) in [5.74, 6) is -0.0162. The van der Waals surface area contributed by atoms with Crippen molar-refractivity contribution in [2.45, 2.75) is 20.8 Å². The van der Waals surface area contributed by atoms with Gasteiger partial charge in [-0.25, -0.2) is 0 Å². The first-order valence-corrected chi connectivity index (χ1v) is 6.18. The number of aromatic amines is 1. The van der Waals surface area contributed by atoms with Crippen molar-refractivity contribution in [2.24, 2.45) is 11.7 Å². The standard InChI is InChI=1S/C13H21N3O2/c1-4-16(8-9(2)6-14)13(18)11-7-15-10(3)5-12(11)17/h5,7,9H,4,6,8,14H2,1-3H3,(H,15,17). The van der Waals surface area contributed by atoms with Gasteiger partial charge in [0.1, 0.15) is 5.56 Å². The predicted molar refractivity (Wildman–Crippen MR) is 71.6 cm³/mol. The summed E-state index contributed by atoms with van der Waals surface area (Å²) in [6.07, 6.45) is 1.48. The second-order valence-corrected chi connectivity index (χ2v) is 4.58. The van der Waals surface area contributed by atoms with Crippen molar-refractivity contribution in [1.29, 1.82) is 0 Å². The summed E-state index contributed by atoms with van der Waals surface area (Å²) in [5, 5.41) is 0. The van der Waals surface area contributed by atoms with Crippen LogP contribution in [0.3, 0.4) is 0 Å². The molecule has 5 nitrogen and oxygen atoms in total. The van der Waals surface area contributed by atoms with Gasteiger partial charge in [-0.2, -0.15) is 0 Å². The highest BCUT2D eigenvalue weighted by molar-refractivity contribution is 5.93. The summed E-state index contributed by atoms with van der Waals surface area (Å²) >= 11 is 0. The molecule has 0 aliphatic rings. The maximum absolute atomic E-state index is 12.2. The minimum absolute atomic E-state index is 0.187. The second-order valence-electron chi connectivity index (χ2n) is 4.58. The molecule has 1 aromatic heterocycles. The number of amides is 1. The predicted octanol–water partition coefficient (Wildman–Crippen LogP) is 0.740. The Kier molecular flexibility index (Phi) is 5.09. The van der Waals surface area contributed by atoms with E-state index in [1.54, 1.807) is 11.8 Å². The number of aromatic nitrogens is 1. The molecule has 0 spiro atoms. The first-order chi connectivity index (χ1) is 8.49. The van der Waals surface area contributed by atoms with E-state index in [9.17, 15) is 9.59 Å². The molecule has 0 aliphatic heterocycles. The van der Waals surface area contributed by atoms with Crippen LogP contribution in [-0.4, -0.2) is 35.4 Å². The lowest BCUT2D eigenvalue weighted by atomic mass is 10.1. The van der Waals surface area contributed by atoms with Gasteiger partial charge in [-0.1, -0.05) is 6.92 Å². The Labute approximate surface area is 107 Å². The topological polar surface area (TPSA) is 79.2 Å². The van der Waals surface area contributed by atoms with Gasteiger partial charge in [0, 0.05) is 31.0 Å². The maximum Gasteiger partial charge on any atom is 0.259 e. The van der Waals surface area contributed by atoms with Crippen LogP contribution in [0.25, 0.3) is 0 Å². The van der Waals surface area contributed by atoms with Gasteiger partial charge in [-0.05, 0) is 26.3 Å². The van der Waals surface area contributed by atoms with Gasteiger partial charge < -0.3 is 15.6 Å². The SMILES string of the molecule is CCN(CC(C)CN)C(=O)c1c[nH]c(C)cc1=O. The molecule has 1 atom stereocenters. The summed E-state index contributed by atoms with van der Waals surface area (Å²) in [4.78, 5) is 28.5. The van der Waals surface area contributed by atoms with E-state index in [0.29, 0.717) is 19.6 Å². The molecule has 0 radical (unpaired) electrons. The van der Waals surface area contributed by atoms with Gasteiger partial charge in [0.05, 0.1) is 0 Å². The third-order valence-corrected chi connectivity index (χ3v) is 2.89. The third kappa shape index (κ3) is 3.43. The number of H-pyrrole nitrogens is 1. The molecule has 1 aromatic rings. The Morgan fingerprint density at radius 3 is 2.72 bits per heavy atom. The van der Waals surface area contributed by atoms with E-state index < -0.39 is 0 Å². The molecule has 5 heteroatoms. The zero-order chi connectivity index (χ0) is 13.7. The van der Waals surface area contributed by atoms with Crippen molar-refractivity contribution in [3.05, 3.63) is 33.7 Å². The quantitative estimate of drug-likeness (QED) is 0.810. The van der Waals surface area contributed by atoms with Gasteiger partial charge in [0.25, 0.3) is 5.91 Å². The van der Waals surface area contributed by atoms with Gasteiger partial charge in [-0.3, -0.25) is 9.59 Å². The van der Waals surface area contributed by atoms with Crippen molar-refractivity contribution in [3.8, 4) is 0 Å². The number of nitrogens with one attached hydrogen (secondary N) is 1. The highest BCUT2D eigenvalue weighted by Crippen LogP contribution is 2.04. The summed E-state index contributed by atoms with van der Waals surface area (Å²) in [5.41, 5.74) is 6.25. The molecule has 0 aliphatic carbocycles. The number of carbonyl (C=O) groups excluding carboxylic acids is 1. The molecule has 1 heterocycles. The van der Waals surface area contributed by atoms with Crippen molar-refractivity contribution < 1.29 is 4.79 Å². The first kappa shape index (κ1) is 14.4. The molecule has 0 saturated carbocycles. The highest BCUT2D eigenvalue weighted by Gasteiger charge is 2.18. The van der Waals surface area contributed by atoms with Crippen LogP contribution in [0.4, 0.5) is 0 Å². The average molecular weight is 251 g/mol. The Hall–Kier alpha value is -1.62. The fraction of sp³-hybridized carbons (Fsp3) is 0.538. The fourth-order valence-electron chi connectivity index (χ4n) is 1.72. The summed E-state index contributed by atoms with van der Waals surface area (Å²) in [7, 11) is 0. The zero-order valence-corrected chi connectivity index (χ0v) is 11.2. The van der Waals surface area contributed by atoms with Gasteiger partial charge in [-0.15, -0.1) is 0 Å². The van der Waals surface area contributed by atoms with Crippen LogP contribution in [0.5, 0.6) is 0 Å². The lowest BCUT2D eigenvalue weighted by Crippen LogP contribution is -2.38. The third-order valence-electron chi connectivity index (χ3n) is 2.89. The molecule has 1 unspecified atom stereocenters. The van der Waals surface area contributed by atoms with E-state index in [2.05, 4.69) is 4.98 Å². The molecular weight excluding hydrogens is 230 g/mol. The minimum Gasteiger partial charge on any atom is -0.364 e. The molecule has 0 bridgehead atoms. The van der Waals surface area contributed by atoms with Crippen molar-refractivity contribution in [1.82, 2.24) is 9.88 Å². The Morgan fingerprint density at radius 2 is 2.22 bits per heavy atom. The number of nitrogens with two attached hydrogens (primary N) is 1. The van der Waals surface area contributed by atoms with Crippen LogP contribution in [-0.2, 0) is 0 Å². The van der Waals surface area contributed by atoms with Crippen LogP contribution in [0.2, 0.25) is 0 Å². The van der Waals surface area contributed by atoms with E-state index >= 15 is 0 Å². The van der Waals surface area contributed by atoms with E-state index in [1.165, 1.54) is 12.3 Å². The number of carbonyl (C=O) groups is 1. The van der Waals surface area contributed by atoms with Crippen molar-refractivity contribution in [3.63, 3.8) is 0 Å². The van der Waals surface area contributed by atoms with E-state index in [0.717, 1.165) is 5.69 Å². The molecule has 0 fully saturated rings. The number of hydrogen-bond acceptors (Lipinski definition) is 3. The normalized spacial score (nSPS) is 12.2. The van der Waals surface area contributed by atoms with E-state index in [4.69, 9.17) is 5.73 Å². The molecule has 3 N–H and O–H groups in total. The van der Waals surface area contributed by atoms with Crippen LogP contribution < -0.4 is 11.2 Å². The number of hydrogen-bond donors (Lipinski definition) is 2. The smallest absolute Gasteiger partial charge is 0.259 e. The molecule has 100 valence electrons. The number of pyridine rings is 1. The maximum atomic E-state index is 12.2. The van der Waals surface area contributed by atoms with Gasteiger partial charge in [0.15, 0.2) is 5.43 Å². The molecule has 0 saturated heterocycles. The van der Waals surface area contributed by atoms with Crippen molar-refractivity contribution in [2.75, 3.05) is 19.6 Å². The largest absolute Gasteiger partial charge is 0.364 e. The Bertz CT molecular complexity index is 468. The monoisotopic (exact) mass is 251 g/mol. The molecule has 18 heavy (non-hydrogen) atoms. The lowest BCUT2D eigenvalue weighted by Gasteiger charge is -2.23. The lowest BCUT2D eigenvalue weighted by molar-refractivity contribution is 0.0742. The van der Waals surface area contributed by atoms with E-state index in [1.807, 2.05) is 13.8 Å². The summed E-state index contributed by atoms with van der Waals surface area (Å²) in [6.45, 7) is 7.31.